The molecule has 17 heavy (non-hydrogen) atoms. The normalized spacial score (nSPS) is 36.9. The summed E-state index contributed by atoms with van der Waals surface area (Å²) in [7, 11) is 0. The van der Waals surface area contributed by atoms with Gasteiger partial charge in [0.25, 0.3) is 0 Å². The topological polar surface area (TPSA) is 32.3 Å². The summed E-state index contributed by atoms with van der Waals surface area (Å²) in [6, 6.07) is 0.703. The number of nitrogens with zero attached hydrogens (tertiary/aromatic N) is 1. The average Bonchev–Trinajstić information content (AvgIpc) is 2.82. The van der Waals surface area contributed by atoms with Crippen LogP contribution in [-0.2, 0) is 0 Å². The molecule has 1 saturated heterocycles. The first-order chi connectivity index (χ1) is 8.33. The van der Waals surface area contributed by atoms with Crippen LogP contribution in [-0.4, -0.2) is 30.1 Å². The van der Waals surface area contributed by atoms with Crippen LogP contribution in [0.2, 0.25) is 0 Å². The maximum Gasteiger partial charge on any atom is 0.317 e. The van der Waals surface area contributed by atoms with E-state index in [1.165, 1.54) is 51.4 Å². The van der Waals surface area contributed by atoms with Gasteiger partial charge in [-0.05, 0) is 43.9 Å². The molecule has 3 atom stereocenters. The van der Waals surface area contributed by atoms with Gasteiger partial charge < -0.3 is 10.2 Å². The van der Waals surface area contributed by atoms with Crippen LogP contribution in [0.1, 0.15) is 51.4 Å². The summed E-state index contributed by atoms with van der Waals surface area (Å²) in [4.78, 5) is 14.2. The molecule has 2 saturated carbocycles. The molecular formula is C14H24N2O. The van der Waals surface area contributed by atoms with Gasteiger partial charge in [-0.1, -0.05) is 19.3 Å². The van der Waals surface area contributed by atoms with Crippen LogP contribution >= 0.6 is 0 Å². The second kappa shape index (κ2) is 4.87. The quantitative estimate of drug-likeness (QED) is 0.746. The Kier molecular flexibility index (Phi) is 3.26. The van der Waals surface area contributed by atoms with Crippen LogP contribution in [0, 0.1) is 11.8 Å². The van der Waals surface area contributed by atoms with Gasteiger partial charge in [0.05, 0.1) is 0 Å². The first-order valence-electron chi connectivity index (χ1n) is 7.38. The molecule has 2 bridgehead atoms. The number of hydrogen-bond acceptors (Lipinski definition) is 1. The summed E-state index contributed by atoms with van der Waals surface area (Å²) in [6.45, 7) is 1.93. The van der Waals surface area contributed by atoms with Crippen LogP contribution in [0.25, 0.3) is 0 Å². The predicted molar refractivity (Wildman–Crippen MR) is 67.8 cm³/mol. The zero-order valence-electron chi connectivity index (χ0n) is 10.7. The van der Waals surface area contributed by atoms with E-state index in [2.05, 4.69) is 5.32 Å². The van der Waals surface area contributed by atoms with Crippen molar-refractivity contribution in [3.63, 3.8) is 0 Å². The first kappa shape index (κ1) is 11.4. The minimum atomic E-state index is 0.212. The van der Waals surface area contributed by atoms with Gasteiger partial charge in [-0.2, -0.15) is 0 Å². The second-order valence-electron chi connectivity index (χ2n) is 6.13. The lowest BCUT2D eigenvalue weighted by Crippen LogP contribution is -2.47. The minimum Gasteiger partial charge on any atom is -0.335 e. The van der Waals surface area contributed by atoms with Gasteiger partial charge in [0.2, 0.25) is 0 Å². The van der Waals surface area contributed by atoms with Crippen LogP contribution in [0.15, 0.2) is 0 Å². The van der Waals surface area contributed by atoms with Crippen molar-refractivity contribution in [2.75, 3.05) is 13.1 Å². The number of nitrogens with one attached hydrogen (secondary N) is 1. The highest BCUT2D eigenvalue weighted by Crippen LogP contribution is 2.44. The van der Waals surface area contributed by atoms with Gasteiger partial charge in [-0.25, -0.2) is 4.79 Å². The third kappa shape index (κ3) is 2.43. The van der Waals surface area contributed by atoms with Gasteiger partial charge >= 0.3 is 6.03 Å². The molecule has 1 heterocycles. The van der Waals surface area contributed by atoms with Crippen molar-refractivity contribution in [2.45, 2.75) is 57.4 Å². The number of hydrogen-bond donors (Lipinski definition) is 1. The lowest BCUT2D eigenvalue weighted by molar-refractivity contribution is 0.190. The molecule has 3 aliphatic rings. The lowest BCUT2D eigenvalue weighted by Gasteiger charge is -2.27. The maximum absolute atomic E-state index is 12.2. The van der Waals surface area contributed by atoms with Gasteiger partial charge in [0, 0.05) is 19.1 Å². The van der Waals surface area contributed by atoms with Crippen LogP contribution in [0.5, 0.6) is 0 Å². The van der Waals surface area contributed by atoms with Crippen molar-refractivity contribution in [3.8, 4) is 0 Å². The molecule has 0 aromatic heterocycles. The highest BCUT2D eigenvalue weighted by atomic mass is 16.2. The highest BCUT2D eigenvalue weighted by Gasteiger charge is 2.40. The van der Waals surface area contributed by atoms with E-state index in [-0.39, 0.29) is 6.03 Å². The number of fused-ring (bicyclic) bond motifs is 2. The molecule has 2 aliphatic carbocycles. The van der Waals surface area contributed by atoms with E-state index in [0.717, 1.165) is 24.9 Å². The van der Waals surface area contributed by atoms with Crippen LogP contribution in [0.4, 0.5) is 4.79 Å². The summed E-state index contributed by atoms with van der Waals surface area (Å²) in [5.74, 6) is 1.70. The van der Waals surface area contributed by atoms with Crippen molar-refractivity contribution in [2.24, 2.45) is 11.8 Å². The van der Waals surface area contributed by atoms with E-state index in [4.69, 9.17) is 0 Å². The zero-order valence-corrected chi connectivity index (χ0v) is 10.7. The Morgan fingerprint density at radius 1 is 1.00 bits per heavy atom. The van der Waals surface area contributed by atoms with Gasteiger partial charge in [0.15, 0.2) is 0 Å². The Labute approximate surface area is 104 Å². The molecule has 3 unspecified atom stereocenters. The minimum absolute atomic E-state index is 0.212. The molecule has 3 nitrogen and oxygen atoms in total. The molecule has 0 spiro atoms. The molecule has 0 aromatic rings. The number of urea groups is 1. The Bertz CT molecular complexity index is 284. The fourth-order valence-electron chi connectivity index (χ4n) is 3.95. The number of carbonyl (C=O) groups excluding carboxylic acids is 1. The molecule has 3 rings (SSSR count). The zero-order chi connectivity index (χ0) is 11.7. The van der Waals surface area contributed by atoms with E-state index in [0.29, 0.717) is 6.04 Å². The van der Waals surface area contributed by atoms with E-state index in [9.17, 15) is 4.79 Å². The molecule has 3 heteroatoms. The van der Waals surface area contributed by atoms with E-state index in [1.807, 2.05) is 4.90 Å². The monoisotopic (exact) mass is 236 g/mol. The van der Waals surface area contributed by atoms with Crippen molar-refractivity contribution in [1.82, 2.24) is 10.2 Å². The molecular weight excluding hydrogens is 212 g/mol. The highest BCUT2D eigenvalue weighted by molar-refractivity contribution is 5.74. The summed E-state index contributed by atoms with van der Waals surface area (Å²) >= 11 is 0. The van der Waals surface area contributed by atoms with E-state index < -0.39 is 0 Å². The van der Waals surface area contributed by atoms with E-state index >= 15 is 0 Å². The average molecular weight is 236 g/mol. The van der Waals surface area contributed by atoms with Crippen molar-refractivity contribution < 1.29 is 4.79 Å². The Morgan fingerprint density at radius 2 is 1.76 bits per heavy atom. The Balaban J connectivity index is 1.52. The fourth-order valence-corrected chi connectivity index (χ4v) is 3.95. The molecule has 96 valence electrons. The van der Waals surface area contributed by atoms with Gasteiger partial charge in [-0.15, -0.1) is 0 Å². The summed E-state index contributed by atoms with van der Waals surface area (Å²) in [6.07, 6.45) is 10.3. The molecule has 0 aromatic carbocycles. The number of amides is 2. The molecule has 2 amide bonds. The number of likely N-dealkylation sites (tertiary alicyclic amines) is 1. The summed E-state index contributed by atoms with van der Waals surface area (Å²) in [5, 5.41) is 3.29. The Morgan fingerprint density at radius 3 is 2.35 bits per heavy atom. The number of carbonyl (C=O) groups is 1. The van der Waals surface area contributed by atoms with Crippen molar-refractivity contribution in [1.29, 1.82) is 0 Å². The SMILES string of the molecule is O=C(NC1CC2CCC1C2)N1CCCCCC1. The van der Waals surface area contributed by atoms with Gasteiger partial charge in [0.1, 0.15) is 0 Å². The maximum atomic E-state index is 12.2. The fraction of sp³-hybridized carbons (Fsp3) is 0.929. The summed E-state index contributed by atoms with van der Waals surface area (Å²) in [5.41, 5.74) is 0. The third-order valence-corrected chi connectivity index (χ3v) is 4.94. The van der Waals surface area contributed by atoms with Gasteiger partial charge in [-0.3, -0.25) is 0 Å². The van der Waals surface area contributed by atoms with Crippen LogP contribution < -0.4 is 5.32 Å². The predicted octanol–water partition coefficient (Wildman–Crippen LogP) is 2.76. The standard InChI is InChI=1S/C14H24N2O/c17-14(16-7-3-1-2-4-8-16)15-13-10-11-5-6-12(13)9-11/h11-13H,1-10H2,(H,15,17). The third-order valence-electron chi connectivity index (χ3n) is 4.94. The van der Waals surface area contributed by atoms with Crippen molar-refractivity contribution in [3.05, 3.63) is 0 Å². The van der Waals surface area contributed by atoms with Crippen LogP contribution in [0.3, 0.4) is 0 Å². The van der Waals surface area contributed by atoms with E-state index in [1.54, 1.807) is 0 Å². The summed E-state index contributed by atoms with van der Waals surface area (Å²) < 4.78 is 0. The molecule has 1 N–H and O–H groups in total. The molecule has 3 fully saturated rings. The molecule has 0 radical (unpaired) electrons. The largest absolute Gasteiger partial charge is 0.335 e. The second-order valence-corrected chi connectivity index (χ2v) is 6.13. The molecule has 1 aliphatic heterocycles. The lowest BCUT2D eigenvalue weighted by atomic mass is 9.95. The Hall–Kier alpha value is -0.730. The first-order valence-corrected chi connectivity index (χ1v) is 7.38. The van der Waals surface area contributed by atoms with Crippen molar-refractivity contribution >= 4 is 6.03 Å². The smallest absolute Gasteiger partial charge is 0.317 e. The number of rotatable bonds is 1.